The van der Waals surface area contributed by atoms with Crippen LogP contribution in [0.1, 0.15) is 17.3 Å². The molecule has 0 amide bonds. The highest BCUT2D eigenvalue weighted by Crippen LogP contribution is 2.21. The van der Waals surface area contributed by atoms with Crippen LogP contribution < -0.4 is 10.3 Å². The van der Waals surface area contributed by atoms with Gasteiger partial charge in [-0.15, -0.1) is 0 Å². The monoisotopic (exact) mass is 299 g/mol. The standard InChI is InChI=1S/C13H11ClFNO4/c1-3-20-13(18)8-6-16(19-2)11-5-9(14)10(15)4-7(11)12(8)17/h4-6H,3H2,1-2H3. The van der Waals surface area contributed by atoms with Gasteiger partial charge in [-0.25, -0.2) is 9.18 Å². The molecule has 0 aliphatic heterocycles. The highest BCUT2D eigenvalue weighted by atomic mass is 35.5. The summed E-state index contributed by atoms with van der Waals surface area (Å²) in [7, 11) is 1.34. The molecular formula is C13H11ClFNO4. The number of hydrogen-bond acceptors (Lipinski definition) is 4. The van der Waals surface area contributed by atoms with E-state index in [0.29, 0.717) is 0 Å². The maximum absolute atomic E-state index is 13.5. The van der Waals surface area contributed by atoms with Crippen LogP contribution in [0.4, 0.5) is 4.39 Å². The van der Waals surface area contributed by atoms with Crippen LogP contribution in [-0.2, 0) is 4.74 Å². The number of esters is 1. The first-order valence-electron chi connectivity index (χ1n) is 5.75. The lowest BCUT2D eigenvalue weighted by Gasteiger charge is -2.11. The van der Waals surface area contributed by atoms with Crippen molar-refractivity contribution in [2.75, 3.05) is 13.7 Å². The Morgan fingerprint density at radius 2 is 2.15 bits per heavy atom. The Labute approximate surface area is 118 Å². The minimum absolute atomic E-state index is 0.0145. The first kappa shape index (κ1) is 14.3. The number of fused-ring (bicyclic) bond motifs is 1. The minimum atomic E-state index is -0.791. The van der Waals surface area contributed by atoms with Crippen molar-refractivity contribution >= 4 is 28.5 Å². The number of pyridine rings is 1. The normalized spacial score (nSPS) is 10.6. The predicted octanol–water partition coefficient (Wildman–Crippen LogP) is 2.03. The van der Waals surface area contributed by atoms with E-state index in [1.807, 2.05) is 0 Å². The molecule has 0 saturated heterocycles. The van der Waals surface area contributed by atoms with Crippen LogP contribution in [0.3, 0.4) is 0 Å². The van der Waals surface area contributed by atoms with Crippen molar-refractivity contribution in [3.8, 4) is 0 Å². The summed E-state index contributed by atoms with van der Waals surface area (Å²) in [5.41, 5.74) is -0.609. The molecule has 0 fully saturated rings. The number of carbonyl (C=O) groups is 1. The van der Waals surface area contributed by atoms with Gasteiger partial charge in [0.05, 0.1) is 28.7 Å². The Hall–Kier alpha value is -2.08. The van der Waals surface area contributed by atoms with Crippen molar-refractivity contribution in [2.45, 2.75) is 6.92 Å². The zero-order valence-corrected chi connectivity index (χ0v) is 11.5. The topological polar surface area (TPSA) is 57.5 Å². The lowest BCUT2D eigenvalue weighted by atomic mass is 10.1. The van der Waals surface area contributed by atoms with Gasteiger partial charge in [0.2, 0.25) is 5.43 Å². The molecule has 106 valence electrons. The van der Waals surface area contributed by atoms with Crippen LogP contribution in [0.2, 0.25) is 5.02 Å². The van der Waals surface area contributed by atoms with Crippen molar-refractivity contribution in [3.63, 3.8) is 0 Å². The average molecular weight is 300 g/mol. The third-order valence-corrected chi connectivity index (χ3v) is 2.99. The van der Waals surface area contributed by atoms with Gasteiger partial charge in [0, 0.05) is 0 Å². The number of ether oxygens (including phenoxy) is 1. The van der Waals surface area contributed by atoms with Crippen LogP contribution in [0.25, 0.3) is 10.9 Å². The van der Waals surface area contributed by atoms with Gasteiger partial charge < -0.3 is 9.57 Å². The fourth-order valence-electron chi connectivity index (χ4n) is 1.80. The zero-order valence-electron chi connectivity index (χ0n) is 10.8. The van der Waals surface area contributed by atoms with E-state index in [1.165, 1.54) is 19.4 Å². The van der Waals surface area contributed by atoms with Gasteiger partial charge >= 0.3 is 5.97 Å². The Kier molecular flexibility index (Phi) is 3.94. The lowest BCUT2D eigenvalue weighted by molar-refractivity contribution is 0.0520. The summed E-state index contributed by atoms with van der Waals surface area (Å²) in [5.74, 6) is -1.54. The first-order chi connectivity index (χ1) is 9.49. The number of halogens is 2. The van der Waals surface area contributed by atoms with E-state index >= 15 is 0 Å². The molecule has 0 aliphatic carbocycles. The smallest absolute Gasteiger partial charge is 0.343 e. The van der Waals surface area contributed by atoms with E-state index in [9.17, 15) is 14.0 Å². The number of benzene rings is 1. The molecule has 0 aliphatic rings. The average Bonchev–Trinajstić information content (AvgIpc) is 2.42. The first-order valence-corrected chi connectivity index (χ1v) is 6.13. The Bertz CT molecular complexity index is 741. The molecule has 0 saturated carbocycles. The SMILES string of the molecule is CCOC(=O)c1cn(OC)c2cc(Cl)c(F)cc2c1=O. The maximum Gasteiger partial charge on any atom is 0.343 e. The maximum atomic E-state index is 13.5. The second-order valence-corrected chi connectivity index (χ2v) is 4.29. The lowest BCUT2D eigenvalue weighted by Crippen LogP contribution is -2.22. The van der Waals surface area contributed by atoms with Gasteiger partial charge in [0.25, 0.3) is 0 Å². The summed E-state index contributed by atoms with van der Waals surface area (Å²) in [6, 6.07) is 2.23. The molecule has 0 unspecified atom stereocenters. The Morgan fingerprint density at radius 3 is 2.75 bits per heavy atom. The molecular weight excluding hydrogens is 289 g/mol. The van der Waals surface area contributed by atoms with Gasteiger partial charge in [0.1, 0.15) is 18.5 Å². The third-order valence-electron chi connectivity index (χ3n) is 2.70. The van der Waals surface area contributed by atoms with E-state index in [0.717, 1.165) is 10.8 Å². The molecule has 0 bridgehead atoms. The predicted molar refractivity (Wildman–Crippen MR) is 71.6 cm³/mol. The van der Waals surface area contributed by atoms with E-state index < -0.39 is 17.2 Å². The Balaban J connectivity index is 2.81. The summed E-state index contributed by atoms with van der Waals surface area (Å²) >= 11 is 5.68. The van der Waals surface area contributed by atoms with Crippen LogP contribution in [0, 0.1) is 5.82 Å². The summed E-state index contributed by atoms with van der Waals surface area (Å²) in [6.45, 7) is 1.74. The number of rotatable bonds is 3. The molecule has 2 aromatic rings. The molecule has 1 heterocycles. The van der Waals surface area contributed by atoms with Gasteiger partial charge in [-0.2, -0.15) is 4.73 Å². The van der Waals surface area contributed by atoms with Crippen molar-refractivity contribution < 1.29 is 18.8 Å². The molecule has 5 nitrogen and oxygen atoms in total. The number of nitrogens with zero attached hydrogens (tertiary/aromatic N) is 1. The highest BCUT2D eigenvalue weighted by Gasteiger charge is 2.18. The van der Waals surface area contributed by atoms with Gasteiger partial charge in [-0.1, -0.05) is 11.6 Å². The molecule has 20 heavy (non-hydrogen) atoms. The number of aromatic nitrogens is 1. The van der Waals surface area contributed by atoms with Crippen molar-refractivity contribution in [2.24, 2.45) is 0 Å². The van der Waals surface area contributed by atoms with Crippen LogP contribution in [0.5, 0.6) is 0 Å². The summed E-state index contributed by atoms with van der Waals surface area (Å²) in [5, 5.41) is -0.161. The van der Waals surface area contributed by atoms with E-state index in [-0.39, 0.29) is 28.1 Å². The molecule has 0 spiro atoms. The molecule has 0 radical (unpaired) electrons. The molecule has 1 aromatic carbocycles. The van der Waals surface area contributed by atoms with Crippen LogP contribution in [0.15, 0.2) is 23.1 Å². The number of hydrogen-bond donors (Lipinski definition) is 0. The van der Waals surface area contributed by atoms with E-state index in [1.54, 1.807) is 6.92 Å². The van der Waals surface area contributed by atoms with Crippen LogP contribution >= 0.6 is 11.6 Å². The second-order valence-electron chi connectivity index (χ2n) is 3.88. The van der Waals surface area contributed by atoms with E-state index in [4.69, 9.17) is 21.2 Å². The summed E-state index contributed by atoms with van der Waals surface area (Å²) in [4.78, 5) is 29.0. The van der Waals surface area contributed by atoms with Crippen molar-refractivity contribution in [1.82, 2.24) is 4.73 Å². The quantitative estimate of drug-likeness (QED) is 0.814. The fourth-order valence-corrected chi connectivity index (χ4v) is 1.95. The summed E-state index contributed by atoms with van der Waals surface area (Å²) in [6.07, 6.45) is 1.19. The summed E-state index contributed by atoms with van der Waals surface area (Å²) < 4.78 is 19.5. The molecule has 0 atom stereocenters. The fraction of sp³-hybridized carbons (Fsp3) is 0.231. The second kappa shape index (κ2) is 5.50. The minimum Gasteiger partial charge on any atom is -0.462 e. The van der Waals surface area contributed by atoms with Gasteiger partial charge in [0.15, 0.2) is 0 Å². The molecule has 2 rings (SSSR count). The Morgan fingerprint density at radius 1 is 1.45 bits per heavy atom. The van der Waals surface area contributed by atoms with Crippen molar-refractivity contribution in [3.05, 3.63) is 45.0 Å². The largest absolute Gasteiger partial charge is 0.462 e. The highest BCUT2D eigenvalue weighted by molar-refractivity contribution is 6.31. The van der Waals surface area contributed by atoms with Gasteiger partial charge in [-0.3, -0.25) is 4.79 Å². The molecule has 1 aromatic heterocycles. The van der Waals surface area contributed by atoms with Crippen LogP contribution in [-0.4, -0.2) is 24.4 Å². The molecule has 0 N–H and O–H groups in total. The van der Waals surface area contributed by atoms with Crippen molar-refractivity contribution in [1.29, 1.82) is 0 Å². The van der Waals surface area contributed by atoms with Gasteiger partial charge in [-0.05, 0) is 19.1 Å². The zero-order chi connectivity index (χ0) is 14.9. The molecule has 7 heteroatoms. The van der Waals surface area contributed by atoms with E-state index in [2.05, 4.69) is 0 Å². The third kappa shape index (κ3) is 2.34. The number of carbonyl (C=O) groups excluding carboxylic acids is 1.